The molecule has 0 N–H and O–H groups in total. The van der Waals surface area contributed by atoms with Gasteiger partial charge >= 0.3 is 12.1 Å². The minimum Gasteiger partial charge on any atom is -0.473 e. The number of alkyl halides is 3. The van der Waals surface area contributed by atoms with Gasteiger partial charge in [-0.1, -0.05) is 0 Å². The molecule has 0 amide bonds. The van der Waals surface area contributed by atoms with Crippen LogP contribution in [0.4, 0.5) is 26.3 Å². The van der Waals surface area contributed by atoms with Crippen LogP contribution in [-0.2, 0) is 15.7 Å². The van der Waals surface area contributed by atoms with Crippen molar-refractivity contribution in [1.29, 1.82) is 0 Å². The van der Waals surface area contributed by atoms with Crippen molar-refractivity contribution < 1.29 is 45.3 Å². The van der Waals surface area contributed by atoms with Crippen LogP contribution in [0, 0.1) is 17.5 Å². The number of carbonyl (C=O) groups is 1. The summed E-state index contributed by atoms with van der Waals surface area (Å²) in [6.45, 7) is 1.17. The van der Waals surface area contributed by atoms with E-state index in [2.05, 4.69) is 9.72 Å². The molecule has 0 aliphatic carbocycles. The summed E-state index contributed by atoms with van der Waals surface area (Å²) >= 11 is 0. The average molecular weight is 395 g/mol. The lowest BCUT2D eigenvalue weighted by Gasteiger charge is -2.16. The van der Waals surface area contributed by atoms with Gasteiger partial charge in [-0.15, -0.1) is 0 Å². The molecule has 0 spiro atoms. The third kappa shape index (κ3) is 4.60. The van der Waals surface area contributed by atoms with E-state index >= 15 is 0 Å². The molecule has 5 nitrogen and oxygen atoms in total. The molecule has 1 aromatic carbocycles. The van der Waals surface area contributed by atoms with Gasteiger partial charge in [-0.3, -0.25) is 0 Å². The van der Waals surface area contributed by atoms with Crippen molar-refractivity contribution >= 4 is 5.97 Å². The summed E-state index contributed by atoms with van der Waals surface area (Å²) in [5.41, 5.74) is -1.83. The zero-order valence-corrected chi connectivity index (χ0v) is 13.7. The number of carbonyl (C=O) groups excluding carboxylic acids is 1. The number of benzene rings is 1. The molecule has 27 heavy (non-hydrogen) atoms. The molecule has 1 atom stereocenters. The quantitative estimate of drug-likeness (QED) is 0.560. The number of hydrogen-bond donors (Lipinski definition) is 0. The Balaban J connectivity index is 2.35. The van der Waals surface area contributed by atoms with Gasteiger partial charge in [0, 0.05) is 18.3 Å². The smallest absolute Gasteiger partial charge is 0.424 e. The van der Waals surface area contributed by atoms with Crippen LogP contribution in [0.3, 0.4) is 0 Å². The van der Waals surface area contributed by atoms with Gasteiger partial charge in [0.15, 0.2) is 29.1 Å². The molecule has 0 aliphatic heterocycles. The summed E-state index contributed by atoms with van der Waals surface area (Å²) in [6.07, 6.45) is -5.81. The van der Waals surface area contributed by atoms with E-state index in [4.69, 9.17) is 9.47 Å². The maximum Gasteiger partial charge on any atom is 0.424 e. The van der Waals surface area contributed by atoms with Crippen LogP contribution in [-0.4, -0.2) is 24.2 Å². The number of hydrogen-bond acceptors (Lipinski definition) is 5. The van der Waals surface area contributed by atoms with Crippen molar-refractivity contribution in [2.75, 3.05) is 7.11 Å². The van der Waals surface area contributed by atoms with E-state index in [0.717, 1.165) is 7.11 Å². The number of rotatable bonds is 5. The van der Waals surface area contributed by atoms with E-state index in [1.807, 2.05) is 0 Å². The predicted octanol–water partition coefficient (Wildman–Crippen LogP) is 4.25. The second-order valence-electron chi connectivity index (χ2n) is 5.07. The minimum absolute atomic E-state index is 0.460. The largest absolute Gasteiger partial charge is 0.473 e. The molecule has 0 saturated carbocycles. The van der Waals surface area contributed by atoms with Gasteiger partial charge in [0.1, 0.15) is 11.6 Å². The van der Waals surface area contributed by atoms with E-state index < -0.39 is 58.6 Å². The van der Waals surface area contributed by atoms with E-state index in [0.29, 0.717) is 24.4 Å². The second kappa shape index (κ2) is 7.72. The van der Waals surface area contributed by atoms with Gasteiger partial charge in [0.2, 0.25) is 5.88 Å². The van der Waals surface area contributed by atoms with Gasteiger partial charge in [-0.2, -0.15) is 13.2 Å². The van der Waals surface area contributed by atoms with Crippen molar-refractivity contribution in [3.63, 3.8) is 0 Å². The highest BCUT2D eigenvalue weighted by atomic mass is 19.4. The number of methoxy groups -OCH3 is 1. The zero-order chi connectivity index (χ0) is 20.4. The monoisotopic (exact) mass is 395 g/mol. The Hall–Kier alpha value is -2.98. The Morgan fingerprint density at radius 2 is 1.70 bits per heavy atom. The van der Waals surface area contributed by atoms with E-state index in [9.17, 15) is 31.1 Å². The predicted molar refractivity (Wildman–Crippen MR) is 77.7 cm³/mol. The highest BCUT2D eigenvalue weighted by Crippen LogP contribution is 2.39. The summed E-state index contributed by atoms with van der Waals surface area (Å²) in [4.78, 5) is 14.5. The van der Waals surface area contributed by atoms with E-state index in [-0.39, 0.29) is 0 Å². The molecule has 11 heteroatoms. The molecular formula is C16H11F6NO4. The fourth-order valence-corrected chi connectivity index (χ4v) is 1.97. The number of aromatic nitrogens is 1. The van der Waals surface area contributed by atoms with Gasteiger partial charge in [-0.05, 0) is 13.0 Å². The summed E-state index contributed by atoms with van der Waals surface area (Å²) in [6, 6.07) is 1.45. The molecule has 0 saturated heterocycles. The molecule has 0 radical (unpaired) electrons. The van der Waals surface area contributed by atoms with Crippen LogP contribution in [0.5, 0.6) is 17.4 Å². The first-order chi connectivity index (χ1) is 12.5. The lowest BCUT2D eigenvalue weighted by molar-refractivity contribution is -0.148. The van der Waals surface area contributed by atoms with E-state index in [1.165, 1.54) is 6.92 Å². The Morgan fingerprint density at radius 1 is 1.11 bits per heavy atom. The number of esters is 1. The normalized spacial score (nSPS) is 12.4. The lowest BCUT2D eigenvalue weighted by Crippen LogP contribution is -2.25. The molecule has 0 aliphatic rings. The number of ether oxygens (including phenoxy) is 3. The maximum absolute atomic E-state index is 14.0. The van der Waals surface area contributed by atoms with Crippen LogP contribution in [0.25, 0.3) is 0 Å². The third-order valence-corrected chi connectivity index (χ3v) is 3.16. The standard InChI is InChI=1S/C16H11F6NO4/c1-7(15(24)25-2)26-13-10(18)5-8(6-11(13)19)27-14-12(16(20,21)22)9(17)3-4-23-14/h3-7H,1-2H3. The molecule has 2 rings (SSSR count). The summed E-state index contributed by atoms with van der Waals surface area (Å²) < 4.78 is 94.1. The van der Waals surface area contributed by atoms with Crippen molar-refractivity contribution in [2.45, 2.75) is 19.2 Å². The van der Waals surface area contributed by atoms with Gasteiger partial charge in [0.05, 0.1) is 7.11 Å². The number of nitrogens with zero attached hydrogens (tertiary/aromatic N) is 1. The molecule has 0 bridgehead atoms. The molecule has 1 aromatic heterocycles. The second-order valence-corrected chi connectivity index (χ2v) is 5.07. The summed E-state index contributed by atoms with van der Waals surface area (Å²) in [5, 5.41) is 0. The Labute approximate surface area is 148 Å². The van der Waals surface area contributed by atoms with Gasteiger partial charge in [0.25, 0.3) is 0 Å². The molecule has 1 unspecified atom stereocenters. The molecule has 1 heterocycles. The topological polar surface area (TPSA) is 57.7 Å². The van der Waals surface area contributed by atoms with Crippen molar-refractivity contribution in [3.8, 4) is 17.4 Å². The first-order valence-electron chi connectivity index (χ1n) is 7.17. The fraction of sp³-hybridized carbons (Fsp3) is 0.250. The highest BCUT2D eigenvalue weighted by molar-refractivity contribution is 5.74. The first-order valence-corrected chi connectivity index (χ1v) is 7.17. The highest BCUT2D eigenvalue weighted by Gasteiger charge is 2.39. The lowest BCUT2D eigenvalue weighted by atomic mass is 10.2. The van der Waals surface area contributed by atoms with Crippen LogP contribution in [0.1, 0.15) is 12.5 Å². The maximum atomic E-state index is 14.0. The van der Waals surface area contributed by atoms with Gasteiger partial charge in [-0.25, -0.2) is 22.9 Å². The average Bonchev–Trinajstić information content (AvgIpc) is 2.56. The van der Waals surface area contributed by atoms with Gasteiger partial charge < -0.3 is 14.2 Å². The van der Waals surface area contributed by atoms with Crippen LogP contribution >= 0.6 is 0 Å². The fourth-order valence-electron chi connectivity index (χ4n) is 1.97. The Morgan fingerprint density at radius 3 is 2.22 bits per heavy atom. The zero-order valence-electron chi connectivity index (χ0n) is 13.7. The van der Waals surface area contributed by atoms with Crippen LogP contribution in [0.15, 0.2) is 24.4 Å². The summed E-state index contributed by atoms with van der Waals surface area (Å²) in [5.74, 6) is -8.24. The SMILES string of the molecule is COC(=O)C(C)Oc1c(F)cc(Oc2nccc(F)c2C(F)(F)F)cc1F. The molecule has 0 fully saturated rings. The van der Waals surface area contributed by atoms with Crippen molar-refractivity contribution in [2.24, 2.45) is 0 Å². The van der Waals surface area contributed by atoms with E-state index in [1.54, 1.807) is 0 Å². The van der Waals surface area contributed by atoms with Crippen molar-refractivity contribution in [3.05, 3.63) is 47.4 Å². The van der Waals surface area contributed by atoms with Crippen LogP contribution in [0.2, 0.25) is 0 Å². The first kappa shape index (κ1) is 20.3. The molecule has 146 valence electrons. The third-order valence-electron chi connectivity index (χ3n) is 3.16. The number of halogens is 6. The van der Waals surface area contributed by atoms with Crippen molar-refractivity contribution in [1.82, 2.24) is 4.98 Å². The Bertz CT molecular complexity index is 832. The summed E-state index contributed by atoms with van der Waals surface area (Å²) in [7, 11) is 1.04. The molecular weight excluding hydrogens is 384 g/mol. The minimum atomic E-state index is -5.15. The number of pyridine rings is 1. The van der Waals surface area contributed by atoms with Crippen LogP contribution < -0.4 is 9.47 Å². The molecule has 2 aromatic rings. The Kier molecular flexibility index (Phi) is 5.82.